The van der Waals surface area contributed by atoms with Gasteiger partial charge in [0.25, 0.3) is 0 Å². The van der Waals surface area contributed by atoms with E-state index in [0.717, 1.165) is 18.2 Å². The molecule has 0 aliphatic carbocycles. The van der Waals surface area contributed by atoms with Gasteiger partial charge < -0.3 is 10.8 Å². The summed E-state index contributed by atoms with van der Waals surface area (Å²) in [5.41, 5.74) is 5.06. The minimum atomic E-state index is -3.78. The Balaban J connectivity index is 3.01. The molecule has 0 spiro atoms. The molecule has 0 aliphatic heterocycles. The van der Waals surface area contributed by atoms with Crippen molar-refractivity contribution in [1.29, 1.82) is 0 Å². The van der Waals surface area contributed by atoms with E-state index in [1.165, 1.54) is 0 Å². The second kappa shape index (κ2) is 5.44. The van der Waals surface area contributed by atoms with Crippen LogP contribution in [0.5, 0.6) is 0 Å². The monoisotopic (exact) mass is 262 g/mol. The van der Waals surface area contributed by atoms with Gasteiger partial charge in [0, 0.05) is 6.04 Å². The zero-order valence-electron chi connectivity index (χ0n) is 9.35. The molecule has 1 aromatic rings. The quantitative estimate of drug-likeness (QED) is 0.672. The molecule has 17 heavy (non-hydrogen) atoms. The SMILES string of the molecule is CC[C@@H](CO)NS(=O)(=O)c1ccc(F)c(N)c1. The highest BCUT2D eigenvalue weighted by molar-refractivity contribution is 7.89. The molecule has 0 amide bonds. The number of benzene rings is 1. The first-order chi connectivity index (χ1) is 7.90. The van der Waals surface area contributed by atoms with E-state index in [1.807, 2.05) is 0 Å². The summed E-state index contributed by atoms with van der Waals surface area (Å²) in [6.45, 7) is 1.44. The zero-order chi connectivity index (χ0) is 13.1. The summed E-state index contributed by atoms with van der Waals surface area (Å²) in [7, 11) is -3.78. The first kappa shape index (κ1) is 13.9. The van der Waals surface area contributed by atoms with Crippen LogP contribution in [0.15, 0.2) is 23.1 Å². The van der Waals surface area contributed by atoms with Gasteiger partial charge in [-0.2, -0.15) is 0 Å². The fourth-order valence-electron chi connectivity index (χ4n) is 1.23. The van der Waals surface area contributed by atoms with Crippen LogP contribution in [-0.4, -0.2) is 26.2 Å². The van der Waals surface area contributed by atoms with Crippen LogP contribution in [0.2, 0.25) is 0 Å². The normalized spacial score (nSPS) is 13.6. The van der Waals surface area contributed by atoms with Crippen molar-refractivity contribution in [3.63, 3.8) is 0 Å². The van der Waals surface area contributed by atoms with Crippen LogP contribution >= 0.6 is 0 Å². The van der Waals surface area contributed by atoms with Gasteiger partial charge in [0.05, 0.1) is 17.2 Å². The number of hydrogen-bond donors (Lipinski definition) is 3. The predicted molar refractivity (Wildman–Crippen MR) is 62.3 cm³/mol. The number of rotatable bonds is 5. The molecule has 1 atom stereocenters. The fourth-order valence-corrected chi connectivity index (χ4v) is 2.57. The highest BCUT2D eigenvalue weighted by atomic mass is 32.2. The molecule has 0 fully saturated rings. The summed E-state index contributed by atoms with van der Waals surface area (Å²) in [5, 5.41) is 8.92. The molecule has 5 nitrogen and oxygen atoms in total. The lowest BCUT2D eigenvalue weighted by molar-refractivity contribution is 0.254. The molecule has 96 valence electrons. The summed E-state index contributed by atoms with van der Waals surface area (Å²) < 4.78 is 38.8. The van der Waals surface area contributed by atoms with E-state index >= 15 is 0 Å². The van der Waals surface area contributed by atoms with Crippen molar-refractivity contribution >= 4 is 15.7 Å². The minimum absolute atomic E-state index is 0.122. The van der Waals surface area contributed by atoms with E-state index in [9.17, 15) is 12.8 Å². The molecule has 0 heterocycles. The first-order valence-corrected chi connectivity index (χ1v) is 6.57. The van der Waals surface area contributed by atoms with Crippen LogP contribution < -0.4 is 10.5 Å². The van der Waals surface area contributed by atoms with E-state index in [1.54, 1.807) is 6.92 Å². The van der Waals surface area contributed by atoms with Crippen molar-refractivity contribution in [3.8, 4) is 0 Å². The van der Waals surface area contributed by atoms with Crippen molar-refractivity contribution in [2.24, 2.45) is 0 Å². The number of anilines is 1. The molecule has 0 radical (unpaired) electrons. The van der Waals surface area contributed by atoms with Crippen LogP contribution in [0.1, 0.15) is 13.3 Å². The summed E-state index contributed by atoms with van der Waals surface area (Å²) in [4.78, 5) is -0.122. The van der Waals surface area contributed by atoms with Crippen molar-refractivity contribution in [2.75, 3.05) is 12.3 Å². The number of nitrogens with two attached hydrogens (primary N) is 1. The third kappa shape index (κ3) is 3.39. The molecular formula is C10H15FN2O3S. The molecule has 0 saturated heterocycles. The van der Waals surface area contributed by atoms with E-state index in [2.05, 4.69) is 4.72 Å². The van der Waals surface area contributed by atoms with Crippen molar-refractivity contribution < 1.29 is 17.9 Å². The second-order valence-electron chi connectivity index (χ2n) is 3.59. The molecular weight excluding hydrogens is 247 g/mol. The number of nitrogen functional groups attached to an aromatic ring is 1. The molecule has 1 rings (SSSR count). The van der Waals surface area contributed by atoms with Crippen molar-refractivity contribution in [1.82, 2.24) is 4.72 Å². The van der Waals surface area contributed by atoms with E-state index in [4.69, 9.17) is 10.8 Å². The smallest absolute Gasteiger partial charge is 0.240 e. The second-order valence-corrected chi connectivity index (χ2v) is 5.31. The average molecular weight is 262 g/mol. The maximum atomic E-state index is 12.9. The van der Waals surface area contributed by atoms with Crippen molar-refractivity contribution in [2.45, 2.75) is 24.3 Å². The lowest BCUT2D eigenvalue weighted by atomic mass is 10.3. The first-order valence-electron chi connectivity index (χ1n) is 5.09. The number of hydrogen-bond acceptors (Lipinski definition) is 4. The van der Waals surface area contributed by atoms with Crippen LogP contribution in [0.4, 0.5) is 10.1 Å². The number of halogens is 1. The zero-order valence-corrected chi connectivity index (χ0v) is 10.2. The van der Waals surface area contributed by atoms with E-state index in [-0.39, 0.29) is 17.2 Å². The van der Waals surface area contributed by atoms with Crippen LogP contribution in [0, 0.1) is 5.82 Å². The molecule has 0 bridgehead atoms. The topological polar surface area (TPSA) is 92.4 Å². The third-order valence-corrected chi connectivity index (χ3v) is 3.83. The fraction of sp³-hybridized carbons (Fsp3) is 0.400. The number of aliphatic hydroxyl groups excluding tert-OH is 1. The summed E-state index contributed by atoms with van der Waals surface area (Å²) >= 11 is 0. The molecule has 0 aliphatic rings. The Morgan fingerprint density at radius 2 is 2.18 bits per heavy atom. The Hall–Kier alpha value is -1.18. The Morgan fingerprint density at radius 1 is 1.53 bits per heavy atom. The highest BCUT2D eigenvalue weighted by Gasteiger charge is 2.19. The molecule has 1 aromatic carbocycles. The Morgan fingerprint density at radius 3 is 2.65 bits per heavy atom. The Kier molecular flexibility index (Phi) is 4.44. The standard InChI is InChI=1S/C10H15FN2O3S/c1-2-7(6-14)13-17(15,16)8-3-4-9(11)10(12)5-8/h3-5,7,13-14H,2,6,12H2,1H3/t7-/m0/s1. The van der Waals surface area contributed by atoms with Crippen molar-refractivity contribution in [3.05, 3.63) is 24.0 Å². The third-order valence-electron chi connectivity index (χ3n) is 2.31. The van der Waals surface area contributed by atoms with E-state index < -0.39 is 21.9 Å². The molecule has 0 unspecified atom stereocenters. The number of sulfonamides is 1. The molecule has 0 saturated carbocycles. The van der Waals surface area contributed by atoms with Gasteiger partial charge in [-0.05, 0) is 24.6 Å². The molecule has 4 N–H and O–H groups in total. The van der Waals surface area contributed by atoms with Gasteiger partial charge >= 0.3 is 0 Å². The van der Waals surface area contributed by atoms with Gasteiger partial charge in [-0.1, -0.05) is 6.92 Å². The van der Waals surface area contributed by atoms with Gasteiger partial charge in [-0.25, -0.2) is 17.5 Å². The van der Waals surface area contributed by atoms with Crippen LogP contribution in [-0.2, 0) is 10.0 Å². The van der Waals surface area contributed by atoms with Gasteiger partial charge in [0.2, 0.25) is 10.0 Å². The Labute approximate surface area is 99.5 Å². The number of nitrogens with one attached hydrogen (secondary N) is 1. The molecule has 0 aromatic heterocycles. The summed E-state index contributed by atoms with van der Waals surface area (Å²) in [5.74, 6) is -0.668. The number of aliphatic hydroxyl groups is 1. The largest absolute Gasteiger partial charge is 0.396 e. The summed E-state index contributed by atoms with van der Waals surface area (Å²) in [6, 6.07) is 2.59. The maximum Gasteiger partial charge on any atom is 0.240 e. The lowest BCUT2D eigenvalue weighted by Crippen LogP contribution is -2.36. The average Bonchev–Trinajstić information content (AvgIpc) is 2.29. The minimum Gasteiger partial charge on any atom is -0.396 e. The van der Waals surface area contributed by atoms with Gasteiger partial charge in [0.1, 0.15) is 5.82 Å². The van der Waals surface area contributed by atoms with Gasteiger partial charge in [-0.3, -0.25) is 0 Å². The highest BCUT2D eigenvalue weighted by Crippen LogP contribution is 2.16. The lowest BCUT2D eigenvalue weighted by Gasteiger charge is -2.14. The van der Waals surface area contributed by atoms with E-state index in [0.29, 0.717) is 6.42 Å². The van der Waals surface area contributed by atoms with Crippen LogP contribution in [0.3, 0.4) is 0 Å². The maximum absolute atomic E-state index is 12.9. The predicted octanol–water partition coefficient (Wildman–Crippen LogP) is 0.457. The van der Waals surface area contributed by atoms with Gasteiger partial charge in [0.15, 0.2) is 0 Å². The Bertz CT molecular complexity index is 486. The molecule has 7 heteroatoms. The summed E-state index contributed by atoms with van der Waals surface area (Å²) in [6.07, 6.45) is 0.451. The van der Waals surface area contributed by atoms with Crippen LogP contribution in [0.25, 0.3) is 0 Å². The van der Waals surface area contributed by atoms with Gasteiger partial charge in [-0.15, -0.1) is 0 Å².